The molecule has 31 heavy (non-hydrogen) atoms. The van der Waals surface area contributed by atoms with Gasteiger partial charge in [0, 0.05) is 37.8 Å². The molecule has 0 atom stereocenters. The smallest absolute Gasteiger partial charge is 0.283 e. The van der Waals surface area contributed by atoms with Crippen LogP contribution in [0.5, 0.6) is 0 Å². The Morgan fingerprint density at radius 2 is 1.94 bits per heavy atom. The molecule has 0 saturated carbocycles. The van der Waals surface area contributed by atoms with Gasteiger partial charge < -0.3 is 9.64 Å². The molecular formula is C23H35N3O4S. The number of piperidine rings is 1. The van der Waals surface area contributed by atoms with Crippen LogP contribution in [0.4, 0.5) is 5.69 Å². The summed E-state index contributed by atoms with van der Waals surface area (Å²) < 4.78 is 5.40. The first-order chi connectivity index (χ1) is 14.9. The average molecular weight is 450 g/mol. The van der Waals surface area contributed by atoms with Gasteiger partial charge in [0.15, 0.2) is 0 Å². The first kappa shape index (κ1) is 24.0. The van der Waals surface area contributed by atoms with E-state index in [9.17, 15) is 14.9 Å². The Balaban J connectivity index is 1.52. The summed E-state index contributed by atoms with van der Waals surface area (Å²) in [5.41, 5.74) is 0.465. The molecule has 172 valence electrons. The van der Waals surface area contributed by atoms with E-state index < -0.39 is 0 Å². The van der Waals surface area contributed by atoms with E-state index in [1.54, 1.807) is 12.1 Å². The molecule has 2 saturated heterocycles. The molecule has 1 aromatic rings. The highest BCUT2D eigenvalue weighted by Crippen LogP contribution is 2.32. The number of nitro benzene ring substituents is 1. The van der Waals surface area contributed by atoms with Crippen molar-refractivity contribution in [3.63, 3.8) is 0 Å². The number of thioether (sulfide) groups is 1. The summed E-state index contributed by atoms with van der Waals surface area (Å²) in [6.45, 7) is 10.5. The monoisotopic (exact) mass is 449 g/mol. The van der Waals surface area contributed by atoms with Crippen LogP contribution in [0.25, 0.3) is 0 Å². The molecule has 2 heterocycles. The summed E-state index contributed by atoms with van der Waals surface area (Å²) in [5.74, 6) is 1.95. The maximum atomic E-state index is 13.0. The lowest BCUT2D eigenvalue weighted by molar-refractivity contribution is -0.387. The Morgan fingerprint density at radius 3 is 2.58 bits per heavy atom. The van der Waals surface area contributed by atoms with Crippen LogP contribution in [-0.2, 0) is 4.74 Å². The van der Waals surface area contributed by atoms with Crippen LogP contribution in [0.2, 0.25) is 0 Å². The van der Waals surface area contributed by atoms with E-state index in [0.29, 0.717) is 22.3 Å². The van der Waals surface area contributed by atoms with E-state index in [2.05, 4.69) is 18.7 Å². The van der Waals surface area contributed by atoms with Gasteiger partial charge in [-0.25, -0.2) is 0 Å². The summed E-state index contributed by atoms with van der Waals surface area (Å²) in [6, 6.07) is 4.95. The Kier molecular flexibility index (Phi) is 9.16. The van der Waals surface area contributed by atoms with Crippen molar-refractivity contribution in [2.24, 2.45) is 11.8 Å². The third kappa shape index (κ3) is 7.19. The Bertz CT molecular complexity index is 744. The van der Waals surface area contributed by atoms with E-state index >= 15 is 0 Å². The molecule has 0 bridgehead atoms. The van der Waals surface area contributed by atoms with Crippen LogP contribution in [0.1, 0.15) is 49.9 Å². The number of carbonyl (C=O) groups excluding carboxylic acids is 1. The first-order valence-corrected chi connectivity index (χ1v) is 12.4. The lowest BCUT2D eigenvalue weighted by atomic mass is 9.93. The number of carbonyl (C=O) groups is 1. The Labute approximate surface area is 189 Å². The second-order valence-electron chi connectivity index (χ2n) is 8.95. The van der Waals surface area contributed by atoms with Crippen LogP contribution in [-0.4, -0.2) is 72.3 Å². The zero-order valence-electron chi connectivity index (χ0n) is 18.8. The summed E-state index contributed by atoms with van der Waals surface area (Å²) in [7, 11) is 0. The average Bonchev–Trinajstić information content (AvgIpc) is 2.78. The highest BCUT2D eigenvalue weighted by molar-refractivity contribution is 7.99. The number of hydrogen-bond acceptors (Lipinski definition) is 6. The number of rotatable bonds is 9. The van der Waals surface area contributed by atoms with E-state index in [-0.39, 0.29) is 16.5 Å². The number of amides is 1. The van der Waals surface area contributed by atoms with Crippen LogP contribution in [0.15, 0.2) is 23.1 Å². The molecule has 1 aromatic carbocycles. The molecule has 0 aliphatic carbocycles. The largest absolute Gasteiger partial charge is 0.379 e. The number of benzene rings is 1. The highest BCUT2D eigenvalue weighted by atomic mass is 32.2. The molecule has 8 heteroatoms. The molecule has 2 fully saturated rings. The maximum absolute atomic E-state index is 13.0. The number of nitrogens with zero attached hydrogens (tertiary/aromatic N) is 3. The fourth-order valence-electron chi connectivity index (χ4n) is 4.12. The van der Waals surface area contributed by atoms with Gasteiger partial charge in [0.25, 0.3) is 11.6 Å². The third-order valence-corrected chi connectivity index (χ3v) is 7.31. The molecule has 0 radical (unpaired) electrons. The molecule has 7 nitrogen and oxygen atoms in total. The molecule has 2 aliphatic rings. The van der Waals surface area contributed by atoms with Crippen molar-refractivity contribution in [2.45, 2.75) is 44.4 Å². The van der Waals surface area contributed by atoms with Crippen molar-refractivity contribution in [1.29, 1.82) is 0 Å². The summed E-state index contributed by atoms with van der Waals surface area (Å²) >= 11 is 1.50. The molecule has 0 spiro atoms. The summed E-state index contributed by atoms with van der Waals surface area (Å²) in [6.07, 6.45) is 4.17. The first-order valence-electron chi connectivity index (χ1n) is 11.4. The topological polar surface area (TPSA) is 75.9 Å². The minimum atomic E-state index is -0.369. The summed E-state index contributed by atoms with van der Waals surface area (Å²) in [5, 5.41) is 11.6. The van der Waals surface area contributed by atoms with E-state index in [1.807, 2.05) is 4.90 Å². The second-order valence-corrected chi connectivity index (χ2v) is 10.1. The molecular weight excluding hydrogens is 414 g/mol. The fourth-order valence-corrected chi connectivity index (χ4v) is 5.37. The SMILES string of the molecule is CC(C)CCSc1ccc(C(=O)N2CCC(CCN3CCOCC3)CC2)cc1[N+](=O)[O-]. The molecule has 2 aliphatic heterocycles. The summed E-state index contributed by atoms with van der Waals surface area (Å²) in [4.78, 5) is 29.1. The van der Waals surface area contributed by atoms with Gasteiger partial charge in [-0.05, 0) is 61.9 Å². The van der Waals surface area contributed by atoms with Crippen molar-refractivity contribution in [1.82, 2.24) is 9.80 Å². The van der Waals surface area contributed by atoms with Gasteiger partial charge in [0.05, 0.1) is 23.0 Å². The quantitative estimate of drug-likeness (QED) is 0.318. The predicted molar refractivity (Wildman–Crippen MR) is 124 cm³/mol. The highest BCUT2D eigenvalue weighted by Gasteiger charge is 2.26. The number of likely N-dealkylation sites (tertiary alicyclic amines) is 1. The van der Waals surface area contributed by atoms with E-state index in [0.717, 1.165) is 77.4 Å². The predicted octanol–water partition coefficient (Wildman–Crippen LogP) is 4.31. The molecule has 0 unspecified atom stereocenters. The maximum Gasteiger partial charge on any atom is 0.283 e. The normalized spacial score (nSPS) is 18.5. The minimum Gasteiger partial charge on any atom is -0.379 e. The van der Waals surface area contributed by atoms with Gasteiger partial charge in [-0.3, -0.25) is 19.8 Å². The van der Waals surface area contributed by atoms with E-state index in [4.69, 9.17) is 4.74 Å². The van der Waals surface area contributed by atoms with Crippen molar-refractivity contribution in [3.05, 3.63) is 33.9 Å². The number of morpholine rings is 1. The van der Waals surface area contributed by atoms with Gasteiger partial charge in [0.1, 0.15) is 0 Å². The standard InChI is InChI=1S/C23H35N3O4S/c1-18(2)8-16-31-22-4-3-20(17-21(22)26(28)29)23(27)25-10-6-19(7-11-25)5-9-24-12-14-30-15-13-24/h3-4,17-19H,5-16H2,1-2H3. The van der Waals surface area contributed by atoms with Crippen molar-refractivity contribution in [2.75, 3.05) is 51.7 Å². The van der Waals surface area contributed by atoms with Gasteiger partial charge in [-0.2, -0.15) is 0 Å². The van der Waals surface area contributed by atoms with Crippen molar-refractivity contribution in [3.8, 4) is 0 Å². The van der Waals surface area contributed by atoms with Gasteiger partial charge in [-0.1, -0.05) is 13.8 Å². The number of hydrogen-bond donors (Lipinski definition) is 0. The third-order valence-electron chi connectivity index (χ3n) is 6.21. The molecule has 3 rings (SSSR count). The lowest BCUT2D eigenvalue weighted by Crippen LogP contribution is -2.40. The Hall–Kier alpha value is -1.64. The van der Waals surface area contributed by atoms with Crippen LogP contribution in [0.3, 0.4) is 0 Å². The van der Waals surface area contributed by atoms with Crippen molar-refractivity contribution < 1.29 is 14.5 Å². The number of ether oxygens (including phenoxy) is 1. The minimum absolute atomic E-state index is 0.0417. The van der Waals surface area contributed by atoms with Crippen LogP contribution < -0.4 is 0 Å². The fraction of sp³-hybridized carbons (Fsp3) is 0.696. The zero-order chi connectivity index (χ0) is 22.2. The van der Waals surface area contributed by atoms with Crippen LogP contribution >= 0.6 is 11.8 Å². The van der Waals surface area contributed by atoms with Gasteiger partial charge in [-0.15, -0.1) is 11.8 Å². The van der Waals surface area contributed by atoms with Gasteiger partial charge >= 0.3 is 0 Å². The number of nitro groups is 1. The molecule has 0 aromatic heterocycles. The lowest BCUT2D eigenvalue weighted by Gasteiger charge is -2.34. The van der Waals surface area contributed by atoms with Crippen LogP contribution in [0, 0.1) is 22.0 Å². The zero-order valence-corrected chi connectivity index (χ0v) is 19.6. The Morgan fingerprint density at radius 1 is 1.23 bits per heavy atom. The second kappa shape index (κ2) is 11.8. The molecule has 1 amide bonds. The van der Waals surface area contributed by atoms with Gasteiger partial charge in [0.2, 0.25) is 0 Å². The van der Waals surface area contributed by atoms with Crippen molar-refractivity contribution >= 4 is 23.4 Å². The molecule has 0 N–H and O–H groups in total. The van der Waals surface area contributed by atoms with E-state index in [1.165, 1.54) is 17.8 Å².